The van der Waals surface area contributed by atoms with Gasteiger partial charge in [0.25, 0.3) is 0 Å². The minimum atomic E-state index is -3.46. The van der Waals surface area contributed by atoms with Crippen LogP contribution in [0.5, 0.6) is 5.75 Å². The Morgan fingerprint density at radius 2 is 1.80 bits per heavy atom. The summed E-state index contributed by atoms with van der Waals surface area (Å²) >= 11 is 0. The van der Waals surface area contributed by atoms with Gasteiger partial charge in [0.1, 0.15) is 5.75 Å². The zero-order valence-corrected chi connectivity index (χ0v) is 17.0. The number of halogens is 1. The monoisotopic (exact) mass is 390 g/mol. The smallest absolute Gasteiger partial charge is 0.243 e. The molecule has 0 unspecified atom stereocenters. The van der Waals surface area contributed by atoms with Crippen molar-refractivity contribution < 1.29 is 13.2 Å². The predicted molar refractivity (Wildman–Crippen MR) is 104 cm³/mol. The van der Waals surface area contributed by atoms with Gasteiger partial charge in [0.2, 0.25) is 10.0 Å². The van der Waals surface area contributed by atoms with Gasteiger partial charge < -0.3 is 10.1 Å². The van der Waals surface area contributed by atoms with Crippen molar-refractivity contribution in [2.24, 2.45) is 5.92 Å². The number of piperidine rings is 1. The number of benzene rings is 1. The van der Waals surface area contributed by atoms with Crippen LogP contribution in [0.3, 0.4) is 0 Å². The molecular formula is C18H31ClN2O3S. The Kier molecular flexibility index (Phi) is 9.21. The molecule has 7 heteroatoms. The normalized spacial score (nSPS) is 16.0. The van der Waals surface area contributed by atoms with Crippen LogP contribution in [-0.2, 0) is 10.0 Å². The quantitative estimate of drug-likeness (QED) is 0.739. The van der Waals surface area contributed by atoms with E-state index in [4.69, 9.17) is 4.74 Å². The molecule has 0 aromatic heterocycles. The molecule has 1 aromatic carbocycles. The van der Waals surface area contributed by atoms with E-state index in [1.165, 1.54) is 0 Å². The Balaban J connectivity index is 0.00000312. The van der Waals surface area contributed by atoms with Crippen LogP contribution >= 0.6 is 12.4 Å². The third kappa shape index (κ3) is 6.13. The Morgan fingerprint density at radius 1 is 1.20 bits per heavy atom. The highest BCUT2D eigenvalue weighted by molar-refractivity contribution is 7.89. The van der Waals surface area contributed by atoms with Crippen molar-refractivity contribution in [3.63, 3.8) is 0 Å². The molecule has 0 bridgehead atoms. The van der Waals surface area contributed by atoms with Crippen molar-refractivity contribution in [1.29, 1.82) is 0 Å². The number of sulfonamides is 1. The molecule has 1 N–H and O–H groups in total. The Labute approximate surface area is 158 Å². The fraction of sp³-hybridized carbons (Fsp3) is 0.667. The number of nitrogens with one attached hydrogen (secondary N) is 1. The van der Waals surface area contributed by atoms with Crippen molar-refractivity contribution >= 4 is 22.4 Å². The molecule has 0 amide bonds. The second-order valence-corrected chi connectivity index (χ2v) is 8.66. The van der Waals surface area contributed by atoms with E-state index >= 15 is 0 Å². The SMILES string of the molecule is CCCN(C1CCNCC1)S(=O)(=O)c1ccc(OCC(C)C)cc1.Cl. The van der Waals surface area contributed by atoms with Gasteiger partial charge in [-0.05, 0) is 62.5 Å². The lowest BCUT2D eigenvalue weighted by molar-refractivity contribution is 0.262. The molecule has 0 spiro atoms. The van der Waals surface area contributed by atoms with Crippen molar-refractivity contribution in [1.82, 2.24) is 9.62 Å². The Hall–Kier alpha value is -0.820. The van der Waals surface area contributed by atoms with Crippen LogP contribution in [0.15, 0.2) is 29.2 Å². The van der Waals surface area contributed by atoms with Crippen molar-refractivity contribution in [3.8, 4) is 5.75 Å². The van der Waals surface area contributed by atoms with E-state index in [1.807, 2.05) is 6.92 Å². The average Bonchev–Trinajstić information content (AvgIpc) is 2.59. The highest BCUT2D eigenvalue weighted by Gasteiger charge is 2.31. The summed E-state index contributed by atoms with van der Waals surface area (Å²) in [4.78, 5) is 0.353. The number of nitrogens with zero attached hydrogens (tertiary/aromatic N) is 1. The maximum atomic E-state index is 13.1. The van der Waals surface area contributed by atoms with Crippen molar-refractivity contribution in [3.05, 3.63) is 24.3 Å². The Bertz CT molecular complexity index is 599. The number of rotatable bonds is 8. The fourth-order valence-corrected chi connectivity index (χ4v) is 4.70. The lowest BCUT2D eigenvalue weighted by atomic mass is 10.1. The molecule has 1 saturated heterocycles. The topological polar surface area (TPSA) is 58.6 Å². The first-order valence-electron chi connectivity index (χ1n) is 8.90. The van der Waals surface area contributed by atoms with Gasteiger partial charge in [-0.25, -0.2) is 8.42 Å². The highest BCUT2D eigenvalue weighted by atomic mass is 35.5. The molecule has 0 saturated carbocycles. The van der Waals surface area contributed by atoms with Gasteiger partial charge >= 0.3 is 0 Å². The van der Waals surface area contributed by atoms with Gasteiger partial charge in [0, 0.05) is 12.6 Å². The molecule has 5 nitrogen and oxygen atoms in total. The van der Waals surface area contributed by atoms with Crippen LogP contribution in [0.2, 0.25) is 0 Å². The number of hydrogen-bond acceptors (Lipinski definition) is 4. The summed E-state index contributed by atoms with van der Waals surface area (Å²) in [5, 5.41) is 3.30. The highest BCUT2D eigenvalue weighted by Crippen LogP contribution is 2.24. The molecule has 1 heterocycles. The van der Waals surface area contributed by atoms with E-state index in [2.05, 4.69) is 19.2 Å². The fourth-order valence-electron chi connectivity index (χ4n) is 2.92. The average molecular weight is 391 g/mol. The van der Waals surface area contributed by atoms with Gasteiger partial charge in [0.05, 0.1) is 11.5 Å². The van der Waals surface area contributed by atoms with Gasteiger partial charge in [-0.2, -0.15) is 4.31 Å². The second-order valence-electron chi connectivity index (χ2n) is 6.77. The molecule has 144 valence electrons. The van der Waals surface area contributed by atoms with E-state index in [-0.39, 0.29) is 18.4 Å². The molecule has 0 aliphatic carbocycles. The van der Waals surface area contributed by atoms with E-state index in [0.717, 1.165) is 32.4 Å². The molecule has 1 aromatic rings. The third-order valence-corrected chi connectivity index (χ3v) is 6.14. The van der Waals surface area contributed by atoms with Crippen LogP contribution in [-0.4, -0.2) is 45.0 Å². The van der Waals surface area contributed by atoms with Crippen LogP contribution in [0.4, 0.5) is 0 Å². The van der Waals surface area contributed by atoms with E-state index < -0.39 is 10.0 Å². The van der Waals surface area contributed by atoms with Crippen molar-refractivity contribution in [2.75, 3.05) is 26.2 Å². The van der Waals surface area contributed by atoms with E-state index in [1.54, 1.807) is 28.6 Å². The Morgan fingerprint density at radius 3 is 2.32 bits per heavy atom. The predicted octanol–water partition coefficient (Wildman–Crippen LogP) is 3.30. The molecule has 1 fully saturated rings. The van der Waals surface area contributed by atoms with Gasteiger partial charge in [-0.15, -0.1) is 12.4 Å². The largest absolute Gasteiger partial charge is 0.493 e. The van der Waals surface area contributed by atoms with E-state index in [0.29, 0.717) is 29.7 Å². The first-order chi connectivity index (χ1) is 11.4. The molecular weight excluding hydrogens is 360 g/mol. The molecule has 0 atom stereocenters. The van der Waals surface area contributed by atoms with Crippen LogP contribution in [0.25, 0.3) is 0 Å². The number of ether oxygens (including phenoxy) is 1. The molecule has 0 radical (unpaired) electrons. The molecule has 1 aliphatic heterocycles. The summed E-state index contributed by atoms with van der Waals surface area (Å²) in [6.07, 6.45) is 2.56. The summed E-state index contributed by atoms with van der Waals surface area (Å²) in [6, 6.07) is 6.92. The number of hydrogen-bond donors (Lipinski definition) is 1. The molecule has 25 heavy (non-hydrogen) atoms. The standard InChI is InChI=1S/C18H30N2O3S.ClH/c1-4-13-20(16-9-11-19-12-10-16)24(21,22)18-7-5-17(6-8-18)23-14-15(2)3;/h5-8,15-16,19H,4,9-14H2,1-3H3;1H. The summed E-state index contributed by atoms with van der Waals surface area (Å²) in [5.41, 5.74) is 0. The van der Waals surface area contributed by atoms with Gasteiger partial charge in [-0.1, -0.05) is 20.8 Å². The first-order valence-corrected chi connectivity index (χ1v) is 10.3. The minimum absolute atomic E-state index is 0. The maximum Gasteiger partial charge on any atom is 0.243 e. The zero-order chi connectivity index (χ0) is 17.6. The lowest BCUT2D eigenvalue weighted by Crippen LogP contribution is -2.46. The van der Waals surface area contributed by atoms with E-state index in [9.17, 15) is 8.42 Å². The van der Waals surface area contributed by atoms with Gasteiger partial charge in [0.15, 0.2) is 0 Å². The molecule has 1 aliphatic rings. The summed E-state index contributed by atoms with van der Waals surface area (Å²) in [6.45, 7) is 9.14. The minimum Gasteiger partial charge on any atom is -0.493 e. The van der Waals surface area contributed by atoms with Gasteiger partial charge in [-0.3, -0.25) is 0 Å². The third-order valence-electron chi connectivity index (χ3n) is 4.17. The molecule has 2 rings (SSSR count). The van der Waals surface area contributed by atoms with Crippen LogP contribution in [0, 0.1) is 5.92 Å². The maximum absolute atomic E-state index is 13.1. The summed E-state index contributed by atoms with van der Waals surface area (Å²) < 4.78 is 33.5. The van der Waals surface area contributed by atoms with Crippen LogP contribution in [0.1, 0.15) is 40.0 Å². The summed E-state index contributed by atoms with van der Waals surface area (Å²) in [5.74, 6) is 1.15. The summed E-state index contributed by atoms with van der Waals surface area (Å²) in [7, 11) is -3.46. The lowest BCUT2D eigenvalue weighted by Gasteiger charge is -2.33. The van der Waals surface area contributed by atoms with Crippen LogP contribution < -0.4 is 10.1 Å². The zero-order valence-electron chi connectivity index (χ0n) is 15.4. The second kappa shape index (κ2) is 10.4. The first kappa shape index (κ1) is 22.2. The van der Waals surface area contributed by atoms with Crippen molar-refractivity contribution in [2.45, 2.75) is 51.0 Å².